The van der Waals surface area contributed by atoms with E-state index in [-0.39, 0.29) is 0 Å². The molecule has 0 N–H and O–H groups in total. The third-order valence-corrected chi connectivity index (χ3v) is 5.11. The molecule has 0 radical (unpaired) electrons. The summed E-state index contributed by atoms with van der Waals surface area (Å²) in [7, 11) is 0. The predicted octanol–water partition coefficient (Wildman–Crippen LogP) is 5.99. The van der Waals surface area contributed by atoms with Crippen LogP contribution in [-0.2, 0) is 0 Å². The molecule has 0 saturated carbocycles. The Bertz CT molecular complexity index is 1350. The maximum Gasteiger partial charge on any atom is 0.0620 e. The van der Waals surface area contributed by atoms with Gasteiger partial charge in [0.2, 0.25) is 0 Å². The number of rotatable bonds is 0. The van der Waals surface area contributed by atoms with Crippen molar-refractivity contribution in [3.63, 3.8) is 0 Å². The summed E-state index contributed by atoms with van der Waals surface area (Å²) in [5.74, 6) is 0. The second-order valence-electron chi connectivity index (χ2n) is 6.24. The molecule has 0 saturated heterocycles. The zero-order valence-electron chi connectivity index (χ0n) is 12.5. The van der Waals surface area contributed by atoms with Gasteiger partial charge in [0.05, 0.1) is 16.6 Å². The molecule has 0 spiro atoms. The van der Waals surface area contributed by atoms with Crippen molar-refractivity contribution in [2.24, 2.45) is 0 Å². The second kappa shape index (κ2) is 3.82. The molecule has 1 nitrogen and oxygen atoms in total. The summed E-state index contributed by atoms with van der Waals surface area (Å²) >= 11 is 0. The van der Waals surface area contributed by atoms with Gasteiger partial charge in [-0.1, -0.05) is 72.8 Å². The Morgan fingerprint density at radius 2 is 1.04 bits per heavy atom. The molecule has 0 aliphatic rings. The zero-order valence-corrected chi connectivity index (χ0v) is 12.5. The largest absolute Gasteiger partial charge is 0.307 e. The number of hydrogen-bond donors (Lipinski definition) is 0. The van der Waals surface area contributed by atoms with Gasteiger partial charge in [0, 0.05) is 26.9 Å². The Hall–Kier alpha value is -3.06. The lowest BCUT2D eigenvalue weighted by atomic mass is 10.0. The van der Waals surface area contributed by atoms with E-state index in [4.69, 9.17) is 0 Å². The summed E-state index contributed by atoms with van der Waals surface area (Å²) in [5, 5.41) is 7.99. The molecule has 0 atom stereocenters. The van der Waals surface area contributed by atoms with Crippen molar-refractivity contribution < 1.29 is 0 Å². The van der Waals surface area contributed by atoms with E-state index in [9.17, 15) is 0 Å². The Morgan fingerprint density at radius 3 is 1.96 bits per heavy atom. The first-order valence-electron chi connectivity index (χ1n) is 7.98. The zero-order chi connectivity index (χ0) is 15.0. The number of para-hydroxylation sites is 2. The van der Waals surface area contributed by atoms with Gasteiger partial charge in [-0.15, -0.1) is 0 Å². The maximum atomic E-state index is 2.46. The van der Waals surface area contributed by atoms with Crippen molar-refractivity contribution in [3.05, 3.63) is 78.9 Å². The molecule has 23 heavy (non-hydrogen) atoms. The normalized spacial score (nSPS) is 12.3. The smallest absolute Gasteiger partial charge is 0.0620 e. The van der Waals surface area contributed by atoms with E-state index in [1.54, 1.807) is 0 Å². The molecule has 1 heteroatoms. The van der Waals surface area contributed by atoms with E-state index in [0.717, 1.165) is 0 Å². The highest BCUT2D eigenvalue weighted by Crippen LogP contribution is 2.40. The van der Waals surface area contributed by atoms with Crippen molar-refractivity contribution in [1.29, 1.82) is 0 Å². The highest BCUT2D eigenvalue weighted by molar-refractivity contribution is 6.27. The third kappa shape index (κ3) is 1.25. The highest BCUT2D eigenvalue weighted by atomic mass is 14.9. The minimum Gasteiger partial charge on any atom is -0.307 e. The summed E-state index contributed by atoms with van der Waals surface area (Å²) in [6.45, 7) is 0. The summed E-state index contributed by atoms with van der Waals surface area (Å²) in [4.78, 5) is 0. The van der Waals surface area contributed by atoms with Crippen LogP contribution in [0.2, 0.25) is 0 Å². The first-order valence-corrected chi connectivity index (χ1v) is 7.98. The SMILES string of the molecule is c1ccc2c(c1)ccc1c3cccc4c5ccccc5n(c21)c43. The molecule has 0 fully saturated rings. The molecular formula is C22H13N. The van der Waals surface area contributed by atoms with Gasteiger partial charge in [-0.25, -0.2) is 0 Å². The van der Waals surface area contributed by atoms with Crippen molar-refractivity contribution >= 4 is 48.9 Å². The van der Waals surface area contributed by atoms with Crippen LogP contribution < -0.4 is 0 Å². The molecule has 106 valence electrons. The van der Waals surface area contributed by atoms with Gasteiger partial charge in [-0.2, -0.15) is 0 Å². The minimum atomic E-state index is 1.30. The number of hydrogen-bond acceptors (Lipinski definition) is 0. The van der Waals surface area contributed by atoms with Gasteiger partial charge in [-0.3, -0.25) is 0 Å². The molecule has 0 unspecified atom stereocenters. The van der Waals surface area contributed by atoms with Crippen LogP contribution >= 0.6 is 0 Å². The lowest BCUT2D eigenvalue weighted by Crippen LogP contribution is -1.82. The fourth-order valence-electron chi connectivity index (χ4n) is 4.18. The number of fused-ring (bicyclic) bond motifs is 8. The van der Waals surface area contributed by atoms with Crippen LogP contribution in [0.4, 0.5) is 0 Å². The Balaban J connectivity index is 2.11. The van der Waals surface area contributed by atoms with Crippen molar-refractivity contribution in [1.82, 2.24) is 4.40 Å². The Kier molecular flexibility index (Phi) is 1.91. The fraction of sp³-hybridized carbons (Fsp3) is 0. The van der Waals surface area contributed by atoms with E-state index < -0.39 is 0 Å². The van der Waals surface area contributed by atoms with Gasteiger partial charge >= 0.3 is 0 Å². The van der Waals surface area contributed by atoms with Gasteiger partial charge < -0.3 is 4.40 Å². The van der Waals surface area contributed by atoms with Crippen LogP contribution in [0, 0.1) is 0 Å². The van der Waals surface area contributed by atoms with Crippen molar-refractivity contribution in [3.8, 4) is 0 Å². The molecule has 0 amide bonds. The fourth-order valence-corrected chi connectivity index (χ4v) is 4.18. The summed E-state index contributed by atoms with van der Waals surface area (Å²) in [5.41, 5.74) is 3.97. The quantitative estimate of drug-likeness (QED) is 0.324. The first-order chi connectivity index (χ1) is 11.4. The summed E-state index contributed by atoms with van der Waals surface area (Å²) in [6.07, 6.45) is 0. The maximum absolute atomic E-state index is 2.46. The molecule has 2 aromatic heterocycles. The predicted molar refractivity (Wildman–Crippen MR) is 98.6 cm³/mol. The second-order valence-corrected chi connectivity index (χ2v) is 6.24. The number of aromatic nitrogens is 1. The lowest BCUT2D eigenvalue weighted by molar-refractivity contribution is 1.38. The molecule has 0 aliphatic heterocycles. The van der Waals surface area contributed by atoms with Crippen LogP contribution in [0.25, 0.3) is 48.9 Å². The molecule has 2 heterocycles. The van der Waals surface area contributed by atoms with Crippen molar-refractivity contribution in [2.45, 2.75) is 0 Å². The monoisotopic (exact) mass is 291 g/mol. The number of nitrogens with zero attached hydrogens (tertiary/aromatic N) is 1. The van der Waals surface area contributed by atoms with Crippen LogP contribution in [0.15, 0.2) is 78.9 Å². The Labute approximate surface area is 132 Å². The molecule has 6 aromatic rings. The molecular weight excluding hydrogens is 278 g/mol. The standard InChI is InChI=1S/C22H13N/c1-2-7-15-14(6-1)12-13-19-18-10-5-9-17-16-8-3-4-11-20(16)23(21(15)19)22(17)18/h1-13H. The van der Waals surface area contributed by atoms with Gasteiger partial charge in [0.25, 0.3) is 0 Å². The number of benzene rings is 4. The van der Waals surface area contributed by atoms with Crippen LogP contribution in [0.1, 0.15) is 0 Å². The Morgan fingerprint density at radius 1 is 0.435 bits per heavy atom. The third-order valence-electron chi connectivity index (χ3n) is 5.11. The topological polar surface area (TPSA) is 4.41 Å². The molecule has 6 rings (SSSR count). The lowest BCUT2D eigenvalue weighted by Gasteiger charge is -2.02. The van der Waals surface area contributed by atoms with Crippen LogP contribution in [0.5, 0.6) is 0 Å². The molecule has 0 aliphatic carbocycles. The average molecular weight is 291 g/mol. The minimum absolute atomic E-state index is 1.30. The van der Waals surface area contributed by atoms with Crippen LogP contribution in [-0.4, -0.2) is 4.40 Å². The van der Waals surface area contributed by atoms with Gasteiger partial charge in [0.15, 0.2) is 0 Å². The summed E-state index contributed by atoms with van der Waals surface area (Å²) in [6, 6.07) is 28.6. The van der Waals surface area contributed by atoms with Crippen LogP contribution in [0.3, 0.4) is 0 Å². The van der Waals surface area contributed by atoms with E-state index in [1.165, 1.54) is 48.9 Å². The van der Waals surface area contributed by atoms with E-state index in [0.29, 0.717) is 0 Å². The van der Waals surface area contributed by atoms with E-state index in [2.05, 4.69) is 83.3 Å². The van der Waals surface area contributed by atoms with E-state index >= 15 is 0 Å². The molecule has 0 bridgehead atoms. The highest BCUT2D eigenvalue weighted by Gasteiger charge is 2.17. The first kappa shape index (κ1) is 11.5. The summed E-state index contributed by atoms with van der Waals surface area (Å²) < 4.78 is 2.46. The van der Waals surface area contributed by atoms with Gasteiger partial charge in [0.1, 0.15) is 0 Å². The van der Waals surface area contributed by atoms with Gasteiger partial charge in [-0.05, 0) is 11.5 Å². The average Bonchev–Trinajstić information content (AvgIpc) is 3.13. The van der Waals surface area contributed by atoms with E-state index in [1.807, 2.05) is 0 Å². The van der Waals surface area contributed by atoms with Crippen molar-refractivity contribution in [2.75, 3.05) is 0 Å². The molecule has 4 aromatic carbocycles.